The number of rotatable bonds is 3. The van der Waals surface area contributed by atoms with Gasteiger partial charge >= 0.3 is 0 Å². The number of anilines is 1. The third-order valence-corrected chi connectivity index (χ3v) is 3.44. The molecule has 2 heterocycles. The smallest absolute Gasteiger partial charge is 0.136 e. The van der Waals surface area contributed by atoms with Crippen LogP contribution >= 0.6 is 0 Å². The predicted molar refractivity (Wildman–Crippen MR) is 77.5 cm³/mol. The molecule has 1 N–H and O–H groups in total. The van der Waals surface area contributed by atoms with Gasteiger partial charge in [0.25, 0.3) is 0 Å². The number of hydrogen-bond donors (Lipinski definition) is 1. The number of ether oxygens (including phenoxy) is 1. The maximum atomic E-state index is 5.43. The molecule has 3 rings (SSSR count). The Balaban J connectivity index is 2.08. The molecular weight excluding hydrogens is 238 g/mol. The van der Waals surface area contributed by atoms with Crippen LogP contribution in [0.3, 0.4) is 0 Å². The highest BCUT2D eigenvalue weighted by molar-refractivity contribution is 5.92. The monoisotopic (exact) mass is 257 g/mol. The van der Waals surface area contributed by atoms with Crippen molar-refractivity contribution in [3.63, 3.8) is 0 Å². The largest absolute Gasteiger partial charge is 0.378 e. The minimum atomic E-state index is 0.784. The molecule has 1 aliphatic heterocycles. The molecule has 1 aromatic carbocycles. The molecule has 1 aromatic heterocycles. The molecule has 1 fully saturated rings. The second kappa shape index (κ2) is 5.55. The highest BCUT2D eigenvalue weighted by Crippen LogP contribution is 2.26. The molecule has 2 aromatic rings. The fraction of sp³-hybridized carbons (Fsp3) is 0.400. The predicted octanol–water partition coefficient (Wildman–Crippen LogP) is 1.79. The SMILES string of the molecule is CNCc1cc2ccccc2c(N2CCOCC2)n1. The summed E-state index contributed by atoms with van der Waals surface area (Å²) in [5, 5.41) is 5.65. The zero-order valence-electron chi connectivity index (χ0n) is 11.2. The lowest BCUT2D eigenvalue weighted by Gasteiger charge is -2.29. The van der Waals surface area contributed by atoms with Crippen LogP contribution < -0.4 is 10.2 Å². The van der Waals surface area contributed by atoms with Gasteiger partial charge in [-0.3, -0.25) is 0 Å². The Morgan fingerprint density at radius 2 is 2.05 bits per heavy atom. The summed E-state index contributed by atoms with van der Waals surface area (Å²) in [6, 6.07) is 10.6. The van der Waals surface area contributed by atoms with Crippen molar-refractivity contribution in [1.82, 2.24) is 10.3 Å². The molecule has 1 aliphatic rings. The van der Waals surface area contributed by atoms with Gasteiger partial charge in [0.1, 0.15) is 5.82 Å². The average molecular weight is 257 g/mol. The maximum absolute atomic E-state index is 5.43. The molecular formula is C15H19N3O. The maximum Gasteiger partial charge on any atom is 0.136 e. The van der Waals surface area contributed by atoms with Crippen LogP contribution in [-0.4, -0.2) is 38.3 Å². The third kappa shape index (κ3) is 2.55. The first-order valence-corrected chi connectivity index (χ1v) is 6.74. The van der Waals surface area contributed by atoms with Gasteiger partial charge in [-0.2, -0.15) is 0 Å². The second-order valence-corrected chi connectivity index (χ2v) is 4.79. The van der Waals surface area contributed by atoms with Crippen molar-refractivity contribution in [3.8, 4) is 0 Å². The van der Waals surface area contributed by atoms with E-state index in [9.17, 15) is 0 Å². The molecule has 0 atom stereocenters. The second-order valence-electron chi connectivity index (χ2n) is 4.79. The molecule has 0 unspecified atom stereocenters. The van der Waals surface area contributed by atoms with Crippen molar-refractivity contribution < 1.29 is 4.74 Å². The lowest BCUT2D eigenvalue weighted by molar-refractivity contribution is 0.122. The summed E-state index contributed by atoms with van der Waals surface area (Å²) in [7, 11) is 1.95. The summed E-state index contributed by atoms with van der Waals surface area (Å²) in [6.07, 6.45) is 0. The summed E-state index contributed by atoms with van der Waals surface area (Å²) in [5.74, 6) is 1.09. The number of hydrogen-bond acceptors (Lipinski definition) is 4. The Morgan fingerprint density at radius 3 is 2.84 bits per heavy atom. The van der Waals surface area contributed by atoms with Crippen LogP contribution in [0.15, 0.2) is 30.3 Å². The van der Waals surface area contributed by atoms with E-state index in [0.29, 0.717) is 0 Å². The van der Waals surface area contributed by atoms with E-state index >= 15 is 0 Å². The van der Waals surface area contributed by atoms with Gasteiger partial charge in [0.05, 0.1) is 18.9 Å². The van der Waals surface area contributed by atoms with Crippen molar-refractivity contribution >= 4 is 16.6 Å². The van der Waals surface area contributed by atoms with Crippen LogP contribution in [0, 0.1) is 0 Å². The lowest BCUT2D eigenvalue weighted by Crippen LogP contribution is -2.37. The zero-order chi connectivity index (χ0) is 13.1. The summed E-state index contributed by atoms with van der Waals surface area (Å²) >= 11 is 0. The standard InChI is InChI=1S/C15H19N3O/c1-16-11-13-10-12-4-2-3-5-14(12)15(17-13)18-6-8-19-9-7-18/h2-5,10,16H,6-9,11H2,1H3. The van der Waals surface area contributed by atoms with Gasteiger partial charge in [0.15, 0.2) is 0 Å². The number of aromatic nitrogens is 1. The molecule has 0 amide bonds. The van der Waals surface area contributed by atoms with E-state index < -0.39 is 0 Å². The molecule has 19 heavy (non-hydrogen) atoms. The van der Waals surface area contributed by atoms with Crippen molar-refractivity contribution in [3.05, 3.63) is 36.0 Å². The summed E-state index contributed by atoms with van der Waals surface area (Å²) in [6.45, 7) is 4.20. The Bertz CT molecular complexity index is 564. The number of pyridine rings is 1. The Hall–Kier alpha value is -1.65. The van der Waals surface area contributed by atoms with Crippen molar-refractivity contribution in [2.75, 3.05) is 38.3 Å². The van der Waals surface area contributed by atoms with Gasteiger partial charge in [-0.05, 0) is 18.5 Å². The van der Waals surface area contributed by atoms with Gasteiger partial charge in [0.2, 0.25) is 0 Å². The van der Waals surface area contributed by atoms with Crippen LogP contribution in [0.4, 0.5) is 5.82 Å². The Morgan fingerprint density at radius 1 is 1.26 bits per heavy atom. The Labute approximate surface area is 113 Å². The van der Waals surface area contributed by atoms with Crippen molar-refractivity contribution in [1.29, 1.82) is 0 Å². The number of fused-ring (bicyclic) bond motifs is 1. The van der Waals surface area contributed by atoms with Gasteiger partial charge in [-0.1, -0.05) is 24.3 Å². The number of nitrogens with one attached hydrogen (secondary N) is 1. The van der Waals surface area contributed by atoms with Gasteiger partial charge in [-0.25, -0.2) is 4.98 Å². The van der Waals surface area contributed by atoms with E-state index in [-0.39, 0.29) is 0 Å². The summed E-state index contributed by atoms with van der Waals surface area (Å²) in [5.41, 5.74) is 1.09. The van der Waals surface area contributed by atoms with Crippen LogP contribution in [0.25, 0.3) is 10.8 Å². The van der Waals surface area contributed by atoms with E-state index in [4.69, 9.17) is 9.72 Å². The van der Waals surface area contributed by atoms with Crippen LogP contribution in [-0.2, 0) is 11.3 Å². The van der Waals surface area contributed by atoms with Gasteiger partial charge in [0, 0.05) is 25.0 Å². The topological polar surface area (TPSA) is 37.4 Å². The molecule has 4 nitrogen and oxygen atoms in total. The zero-order valence-corrected chi connectivity index (χ0v) is 11.2. The third-order valence-electron chi connectivity index (χ3n) is 3.44. The number of benzene rings is 1. The van der Waals surface area contributed by atoms with E-state index in [0.717, 1.165) is 44.4 Å². The molecule has 100 valence electrons. The number of morpholine rings is 1. The minimum absolute atomic E-state index is 0.784. The highest BCUT2D eigenvalue weighted by atomic mass is 16.5. The molecule has 0 spiro atoms. The van der Waals surface area contributed by atoms with Crippen molar-refractivity contribution in [2.45, 2.75) is 6.54 Å². The fourth-order valence-corrected chi connectivity index (χ4v) is 2.52. The highest BCUT2D eigenvalue weighted by Gasteiger charge is 2.16. The average Bonchev–Trinajstić information content (AvgIpc) is 2.48. The van der Waals surface area contributed by atoms with E-state index in [1.807, 2.05) is 7.05 Å². The molecule has 0 saturated carbocycles. The van der Waals surface area contributed by atoms with E-state index in [1.165, 1.54) is 10.8 Å². The van der Waals surface area contributed by atoms with Crippen molar-refractivity contribution in [2.24, 2.45) is 0 Å². The first-order chi connectivity index (χ1) is 9.38. The normalized spacial score (nSPS) is 15.9. The van der Waals surface area contributed by atoms with Gasteiger partial charge in [-0.15, -0.1) is 0 Å². The molecule has 1 saturated heterocycles. The minimum Gasteiger partial charge on any atom is -0.378 e. The molecule has 0 aliphatic carbocycles. The summed E-state index contributed by atoms with van der Waals surface area (Å²) in [4.78, 5) is 7.15. The summed E-state index contributed by atoms with van der Waals surface area (Å²) < 4.78 is 5.43. The van der Waals surface area contributed by atoms with Gasteiger partial charge < -0.3 is 15.0 Å². The number of nitrogens with zero attached hydrogens (tertiary/aromatic N) is 2. The lowest BCUT2D eigenvalue weighted by atomic mass is 10.1. The van der Waals surface area contributed by atoms with Crippen LogP contribution in [0.1, 0.15) is 5.69 Å². The van der Waals surface area contributed by atoms with Crippen LogP contribution in [0.5, 0.6) is 0 Å². The first-order valence-electron chi connectivity index (χ1n) is 6.74. The quantitative estimate of drug-likeness (QED) is 0.909. The van der Waals surface area contributed by atoms with E-state index in [1.54, 1.807) is 0 Å². The molecule has 4 heteroatoms. The van der Waals surface area contributed by atoms with E-state index in [2.05, 4.69) is 40.5 Å². The molecule has 0 bridgehead atoms. The molecule has 0 radical (unpaired) electrons. The Kier molecular flexibility index (Phi) is 3.62. The van der Waals surface area contributed by atoms with Crippen LogP contribution in [0.2, 0.25) is 0 Å². The first kappa shape index (κ1) is 12.4. The fourth-order valence-electron chi connectivity index (χ4n) is 2.52.